The van der Waals surface area contributed by atoms with Crippen molar-refractivity contribution in [1.29, 1.82) is 0 Å². The van der Waals surface area contributed by atoms with Gasteiger partial charge in [0.15, 0.2) is 0 Å². The number of nitro groups is 1. The molecule has 196 valence electrons. The number of aryl methyl sites for hydroxylation is 3. The first-order valence-corrected chi connectivity index (χ1v) is 12.4. The van der Waals surface area contributed by atoms with Crippen molar-refractivity contribution in [3.05, 3.63) is 104 Å². The third-order valence-corrected chi connectivity index (χ3v) is 6.88. The third-order valence-electron chi connectivity index (χ3n) is 6.45. The number of nitrogens with one attached hydrogen (secondary N) is 1. The van der Waals surface area contributed by atoms with E-state index in [0.29, 0.717) is 32.9 Å². The number of benzene rings is 3. The minimum absolute atomic E-state index is 0.197. The first-order valence-electron chi connectivity index (χ1n) is 12.1. The van der Waals surface area contributed by atoms with Crippen LogP contribution in [0.4, 0.5) is 11.4 Å². The lowest BCUT2D eigenvalue weighted by atomic mass is 10.0. The van der Waals surface area contributed by atoms with Gasteiger partial charge in [-0.05, 0) is 56.7 Å². The lowest BCUT2D eigenvalue weighted by Gasteiger charge is -2.12. The highest BCUT2D eigenvalue weighted by Crippen LogP contribution is 2.33. The summed E-state index contributed by atoms with van der Waals surface area (Å²) in [5, 5.41) is 20.2. The van der Waals surface area contributed by atoms with Gasteiger partial charge in [0.2, 0.25) is 0 Å². The van der Waals surface area contributed by atoms with Crippen molar-refractivity contribution in [3.8, 4) is 22.8 Å². The maximum absolute atomic E-state index is 13.6. The molecule has 9 nitrogen and oxygen atoms in total. The quantitative estimate of drug-likeness (QED) is 0.180. The minimum Gasteiger partial charge on any atom is -0.457 e. The number of halogens is 1. The number of amides is 1. The molecule has 0 spiro atoms. The summed E-state index contributed by atoms with van der Waals surface area (Å²) < 4.78 is 7.65. The van der Waals surface area contributed by atoms with Crippen LogP contribution in [-0.4, -0.2) is 25.6 Å². The average molecular weight is 542 g/mol. The van der Waals surface area contributed by atoms with E-state index < -0.39 is 10.8 Å². The molecule has 5 aromatic rings. The molecule has 0 radical (unpaired) electrons. The van der Waals surface area contributed by atoms with Crippen LogP contribution < -0.4 is 10.1 Å². The molecule has 0 aliphatic rings. The average Bonchev–Trinajstić information content (AvgIpc) is 3.16. The van der Waals surface area contributed by atoms with Crippen LogP contribution in [0.3, 0.4) is 0 Å². The second-order valence-corrected chi connectivity index (χ2v) is 9.59. The van der Waals surface area contributed by atoms with Gasteiger partial charge < -0.3 is 10.1 Å². The van der Waals surface area contributed by atoms with E-state index in [-0.39, 0.29) is 17.1 Å². The Bertz CT molecular complexity index is 1780. The number of rotatable bonds is 6. The lowest BCUT2D eigenvalue weighted by molar-refractivity contribution is -0.384. The minimum atomic E-state index is -0.538. The first kappa shape index (κ1) is 25.9. The molecule has 3 aromatic carbocycles. The molecule has 0 saturated heterocycles. The van der Waals surface area contributed by atoms with Crippen molar-refractivity contribution in [2.75, 3.05) is 5.32 Å². The summed E-state index contributed by atoms with van der Waals surface area (Å²) in [6.07, 6.45) is 0. The summed E-state index contributed by atoms with van der Waals surface area (Å²) in [5.74, 6) is 0.215. The summed E-state index contributed by atoms with van der Waals surface area (Å²) in [6, 6.07) is 18.3. The van der Waals surface area contributed by atoms with E-state index in [1.54, 1.807) is 28.9 Å². The maximum atomic E-state index is 13.6. The van der Waals surface area contributed by atoms with Crippen molar-refractivity contribution in [2.24, 2.45) is 7.05 Å². The Morgan fingerprint density at radius 3 is 2.49 bits per heavy atom. The predicted molar refractivity (Wildman–Crippen MR) is 151 cm³/mol. The van der Waals surface area contributed by atoms with Crippen molar-refractivity contribution in [2.45, 2.75) is 20.8 Å². The molecule has 5 rings (SSSR count). The number of nitro benzene ring substituents is 1. The number of nitrogens with zero attached hydrogens (tertiary/aromatic N) is 4. The van der Waals surface area contributed by atoms with Gasteiger partial charge in [-0.2, -0.15) is 5.10 Å². The molecule has 39 heavy (non-hydrogen) atoms. The Labute approximate surface area is 229 Å². The number of pyridine rings is 1. The molecule has 0 fully saturated rings. The fraction of sp³-hybridized carbons (Fsp3) is 0.138. The molecular weight excluding hydrogens is 518 g/mol. The van der Waals surface area contributed by atoms with E-state index in [9.17, 15) is 14.9 Å². The molecule has 1 amide bonds. The summed E-state index contributed by atoms with van der Waals surface area (Å²) in [4.78, 5) is 29.5. The van der Waals surface area contributed by atoms with Gasteiger partial charge in [-0.25, -0.2) is 4.98 Å². The Balaban J connectivity index is 1.55. The van der Waals surface area contributed by atoms with Crippen molar-refractivity contribution < 1.29 is 14.5 Å². The summed E-state index contributed by atoms with van der Waals surface area (Å²) in [6.45, 7) is 5.67. The Kier molecular flexibility index (Phi) is 6.76. The Morgan fingerprint density at radius 2 is 1.79 bits per heavy atom. The number of ether oxygens (including phenoxy) is 1. The summed E-state index contributed by atoms with van der Waals surface area (Å²) in [7, 11) is 1.85. The fourth-order valence-electron chi connectivity index (χ4n) is 4.47. The lowest BCUT2D eigenvalue weighted by Crippen LogP contribution is -2.13. The number of anilines is 1. The zero-order valence-electron chi connectivity index (χ0n) is 21.7. The first-order chi connectivity index (χ1) is 18.6. The third kappa shape index (κ3) is 5.17. The van der Waals surface area contributed by atoms with E-state index in [2.05, 4.69) is 10.4 Å². The molecule has 0 aliphatic carbocycles. The SMILES string of the molecule is Cc1cc(Oc2cc(NC(=O)c3cc(-c4c(C)nn(C)c4C)nc4ccccc34)cc([N+](=O)[O-])c2)ccc1Cl. The Hall–Kier alpha value is -4.76. The van der Waals surface area contributed by atoms with Crippen LogP contribution in [0.15, 0.2) is 66.7 Å². The van der Waals surface area contributed by atoms with E-state index in [1.165, 1.54) is 18.2 Å². The van der Waals surface area contributed by atoms with Gasteiger partial charge >= 0.3 is 0 Å². The normalized spacial score (nSPS) is 11.0. The smallest absolute Gasteiger partial charge is 0.275 e. The number of carbonyl (C=O) groups is 1. The van der Waals surface area contributed by atoms with Gasteiger partial charge in [0, 0.05) is 40.8 Å². The van der Waals surface area contributed by atoms with Crippen LogP contribution in [0.1, 0.15) is 27.3 Å². The van der Waals surface area contributed by atoms with Crippen LogP contribution >= 0.6 is 11.6 Å². The highest BCUT2D eigenvalue weighted by Gasteiger charge is 2.20. The molecule has 0 aliphatic heterocycles. The van der Waals surface area contributed by atoms with Crippen LogP contribution in [0.2, 0.25) is 5.02 Å². The van der Waals surface area contributed by atoms with Crippen LogP contribution in [-0.2, 0) is 7.05 Å². The number of hydrogen-bond acceptors (Lipinski definition) is 6. The second kappa shape index (κ2) is 10.2. The van der Waals surface area contributed by atoms with E-state index in [1.807, 2.05) is 52.1 Å². The monoisotopic (exact) mass is 541 g/mol. The van der Waals surface area contributed by atoms with Crippen LogP contribution in [0, 0.1) is 30.9 Å². The number of hydrogen-bond donors (Lipinski definition) is 1. The zero-order valence-corrected chi connectivity index (χ0v) is 22.4. The standard InChI is InChI=1S/C29H24ClN5O4/c1-16-11-21(9-10-25(16)30)39-22-13-19(12-20(14-22)35(37)38)31-29(36)24-15-27(28-17(2)33-34(4)18(28)3)32-26-8-6-5-7-23(24)26/h5-15H,1-4H3,(H,31,36). The number of carbonyl (C=O) groups excluding carboxylic acids is 1. The molecule has 0 bridgehead atoms. The van der Waals surface area contributed by atoms with Crippen molar-refractivity contribution >= 4 is 39.8 Å². The predicted octanol–water partition coefficient (Wildman–Crippen LogP) is 7.17. The van der Waals surface area contributed by atoms with Crippen molar-refractivity contribution in [3.63, 3.8) is 0 Å². The highest BCUT2D eigenvalue weighted by molar-refractivity contribution is 6.31. The van der Waals surface area contributed by atoms with Gasteiger partial charge in [0.1, 0.15) is 11.5 Å². The van der Waals surface area contributed by atoms with Gasteiger partial charge in [0.05, 0.1) is 39.1 Å². The molecular formula is C29H24ClN5O4. The van der Waals surface area contributed by atoms with E-state index in [4.69, 9.17) is 21.3 Å². The van der Waals surface area contributed by atoms with E-state index >= 15 is 0 Å². The number of fused-ring (bicyclic) bond motifs is 1. The summed E-state index contributed by atoms with van der Waals surface area (Å²) >= 11 is 6.10. The van der Waals surface area contributed by atoms with Crippen molar-refractivity contribution in [1.82, 2.24) is 14.8 Å². The molecule has 1 N–H and O–H groups in total. The maximum Gasteiger partial charge on any atom is 0.275 e. The molecule has 10 heteroatoms. The largest absolute Gasteiger partial charge is 0.457 e. The highest BCUT2D eigenvalue weighted by atomic mass is 35.5. The molecule has 2 aromatic heterocycles. The van der Waals surface area contributed by atoms with Gasteiger partial charge in [-0.1, -0.05) is 29.8 Å². The molecule has 0 saturated carbocycles. The second-order valence-electron chi connectivity index (χ2n) is 9.18. The van der Waals surface area contributed by atoms with Gasteiger partial charge in [0.25, 0.3) is 11.6 Å². The van der Waals surface area contributed by atoms with Crippen LogP contribution in [0.25, 0.3) is 22.2 Å². The number of non-ortho nitro benzene ring substituents is 1. The molecule has 2 heterocycles. The van der Waals surface area contributed by atoms with Crippen LogP contribution in [0.5, 0.6) is 11.5 Å². The number of aromatic nitrogens is 3. The fourth-order valence-corrected chi connectivity index (χ4v) is 4.59. The number of para-hydroxylation sites is 1. The molecule has 0 atom stereocenters. The zero-order chi connectivity index (χ0) is 27.8. The molecule has 0 unspecified atom stereocenters. The topological polar surface area (TPSA) is 112 Å². The van der Waals surface area contributed by atoms with Gasteiger partial charge in [-0.3, -0.25) is 19.6 Å². The Morgan fingerprint density at radius 1 is 1.03 bits per heavy atom. The van der Waals surface area contributed by atoms with Gasteiger partial charge in [-0.15, -0.1) is 0 Å². The van der Waals surface area contributed by atoms with E-state index in [0.717, 1.165) is 22.5 Å². The summed E-state index contributed by atoms with van der Waals surface area (Å²) in [5.41, 5.74) is 4.98.